The zero-order chi connectivity index (χ0) is 17.0. The van der Waals surface area contributed by atoms with Gasteiger partial charge in [-0.15, -0.1) is 0 Å². The van der Waals surface area contributed by atoms with E-state index in [1.807, 2.05) is 20.8 Å². The van der Waals surface area contributed by atoms with Crippen LogP contribution < -0.4 is 15.4 Å². The largest absolute Gasteiger partial charge is 0.489 e. The van der Waals surface area contributed by atoms with Gasteiger partial charge in [0.05, 0.1) is 16.7 Å². The van der Waals surface area contributed by atoms with E-state index in [1.54, 1.807) is 18.2 Å². The van der Waals surface area contributed by atoms with Gasteiger partial charge in [0.2, 0.25) is 5.91 Å². The molecule has 2 amide bonds. The Labute approximate surface area is 141 Å². The SMILES string of the molecule is CC1CC(CNC(=O)c2cccc(OC(C)C)c2Cl)CC(=O)N1. The summed E-state index contributed by atoms with van der Waals surface area (Å²) in [5.74, 6) is 0.438. The third-order valence-corrected chi connectivity index (χ3v) is 4.08. The maximum absolute atomic E-state index is 12.4. The van der Waals surface area contributed by atoms with Crippen molar-refractivity contribution in [3.05, 3.63) is 28.8 Å². The van der Waals surface area contributed by atoms with Crippen LogP contribution in [0.3, 0.4) is 0 Å². The summed E-state index contributed by atoms with van der Waals surface area (Å²) in [4.78, 5) is 23.9. The number of ether oxygens (including phenoxy) is 1. The zero-order valence-electron chi connectivity index (χ0n) is 13.7. The second-order valence-electron chi connectivity index (χ2n) is 6.27. The molecule has 1 aliphatic heterocycles. The second kappa shape index (κ2) is 7.68. The van der Waals surface area contributed by atoms with Crippen LogP contribution in [0.1, 0.15) is 44.0 Å². The number of hydrogen-bond donors (Lipinski definition) is 2. The molecule has 2 rings (SSSR count). The highest BCUT2D eigenvalue weighted by Gasteiger charge is 2.24. The molecule has 0 radical (unpaired) electrons. The van der Waals surface area contributed by atoms with Crippen LogP contribution in [-0.2, 0) is 4.79 Å². The first-order valence-electron chi connectivity index (χ1n) is 7.89. The predicted molar refractivity (Wildman–Crippen MR) is 89.9 cm³/mol. The molecule has 6 heteroatoms. The first-order chi connectivity index (χ1) is 10.9. The molecule has 23 heavy (non-hydrogen) atoms. The number of hydrogen-bond acceptors (Lipinski definition) is 3. The summed E-state index contributed by atoms with van der Waals surface area (Å²) in [6, 6.07) is 5.30. The van der Waals surface area contributed by atoms with E-state index in [1.165, 1.54) is 0 Å². The van der Waals surface area contributed by atoms with Crippen molar-refractivity contribution in [2.45, 2.75) is 45.8 Å². The number of halogens is 1. The maximum atomic E-state index is 12.4. The summed E-state index contributed by atoms with van der Waals surface area (Å²) in [6.07, 6.45) is 1.28. The smallest absolute Gasteiger partial charge is 0.252 e. The van der Waals surface area contributed by atoms with Crippen molar-refractivity contribution in [2.24, 2.45) is 5.92 Å². The predicted octanol–water partition coefficient (Wildman–Crippen LogP) is 2.77. The standard InChI is InChI=1S/C17H23ClN2O3/c1-10(2)23-14-6-4-5-13(16(14)18)17(22)19-9-12-7-11(3)20-15(21)8-12/h4-6,10-12H,7-9H2,1-3H3,(H,19,22)(H,20,21). The van der Waals surface area contributed by atoms with E-state index in [0.717, 1.165) is 6.42 Å². The number of piperidine rings is 1. The third kappa shape index (κ3) is 4.86. The van der Waals surface area contributed by atoms with Crippen molar-refractivity contribution in [3.8, 4) is 5.75 Å². The molecule has 2 atom stereocenters. The summed E-state index contributed by atoms with van der Waals surface area (Å²) in [6.45, 7) is 6.23. The van der Waals surface area contributed by atoms with Crippen LogP contribution in [0.5, 0.6) is 5.75 Å². The van der Waals surface area contributed by atoms with Crippen molar-refractivity contribution in [1.29, 1.82) is 0 Å². The van der Waals surface area contributed by atoms with Gasteiger partial charge >= 0.3 is 0 Å². The Kier molecular flexibility index (Phi) is 5.88. The Hall–Kier alpha value is -1.75. The Bertz CT molecular complexity index is 589. The lowest BCUT2D eigenvalue weighted by atomic mass is 9.92. The van der Waals surface area contributed by atoms with Gasteiger partial charge < -0.3 is 15.4 Å². The minimum Gasteiger partial charge on any atom is -0.489 e. The van der Waals surface area contributed by atoms with Crippen LogP contribution in [0.4, 0.5) is 0 Å². The molecular weight excluding hydrogens is 316 g/mol. The molecule has 0 aliphatic carbocycles. The van der Waals surface area contributed by atoms with Gasteiger partial charge in [0.1, 0.15) is 5.75 Å². The average molecular weight is 339 g/mol. The molecule has 1 aromatic carbocycles. The lowest BCUT2D eigenvalue weighted by molar-refractivity contribution is -0.124. The van der Waals surface area contributed by atoms with E-state index < -0.39 is 0 Å². The topological polar surface area (TPSA) is 67.4 Å². The number of carbonyl (C=O) groups excluding carboxylic acids is 2. The highest BCUT2D eigenvalue weighted by Crippen LogP contribution is 2.29. The fourth-order valence-electron chi connectivity index (χ4n) is 2.76. The van der Waals surface area contributed by atoms with Crippen molar-refractivity contribution < 1.29 is 14.3 Å². The van der Waals surface area contributed by atoms with Crippen LogP contribution >= 0.6 is 11.6 Å². The van der Waals surface area contributed by atoms with Gasteiger partial charge in [0.25, 0.3) is 5.91 Å². The number of carbonyl (C=O) groups is 2. The first-order valence-corrected chi connectivity index (χ1v) is 8.27. The minimum absolute atomic E-state index is 0.0203. The molecule has 1 heterocycles. The quantitative estimate of drug-likeness (QED) is 0.867. The van der Waals surface area contributed by atoms with E-state index in [-0.39, 0.29) is 29.9 Å². The van der Waals surface area contributed by atoms with E-state index in [4.69, 9.17) is 16.3 Å². The Balaban J connectivity index is 1.99. The van der Waals surface area contributed by atoms with Crippen molar-refractivity contribution >= 4 is 23.4 Å². The van der Waals surface area contributed by atoms with Gasteiger partial charge in [0.15, 0.2) is 0 Å². The number of nitrogens with one attached hydrogen (secondary N) is 2. The first kappa shape index (κ1) is 17.6. The Morgan fingerprint density at radius 1 is 1.48 bits per heavy atom. The summed E-state index contributed by atoms with van der Waals surface area (Å²) in [5, 5.41) is 6.06. The van der Waals surface area contributed by atoms with Crippen molar-refractivity contribution in [1.82, 2.24) is 10.6 Å². The fourth-order valence-corrected chi connectivity index (χ4v) is 3.01. The molecule has 2 N–H and O–H groups in total. The van der Waals surface area contributed by atoms with E-state index in [2.05, 4.69) is 10.6 Å². The van der Waals surface area contributed by atoms with Gasteiger partial charge in [-0.1, -0.05) is 17.7 Å². The van der Waals surface area contributed by atoms with Gasteiger partial charge in [0, 0.05) is 19.0 Å². The normalized spacial score (nSPS) is 21.0. The van der Waals surface area contributed by atoms with Crippen molar-refractivity contribution in [3.63, 3.8) is 0 Å². The fraction of sp³-hybridized carbons (Fsp3) is 0.529. The van der Waals surface area contributed by atoms with Crippen LogP contribution in [0.2, 0.25) is 5.02 Å². The molecule has 1 fully saturated rings. The minimum atomic E-state index is -0.247. The molecule has 2 unspecified atom stereocenters. The van der Waals surface area contributed by atoms with Crippen LogP contribution in [-0.4, -0.2) is 30.5 Å². The van der Waals surface area contributed by atoms with Gasteiger partial charge in [-0.25, -0.2) is 0 Å². The molecular formula is C17H23ClN2O3. The van der Waals surface area contributed by atoms with Crippen molar-refractivity contribution in [2.75, 3.05) is 6.54 Å². The molecule has 0 aromatic heterocycles. The highest BCUT2D eigenvalue weighted by molar-refractivity contribution is 6.35. The molecule has 5 nitrogen and oxygen atoms in total. The molecule has 126 valence electrons. The second-order valence-corrected chi connectivity index (χ2v) is 6.65. The zero-order valence-corrected chi connectivity index (χ0v) is 14.4. The lowest BCUT2D eigenvalue weighted by Gasteiger charge is -2.27. The molecule has 1 aromatic rings. The highest BCUT2D eigenvalue weighted by atomic mass is 35.5. The molecule has 1 aliphatic rings. The number of benzene rings is 1. The lowest BCUT2D eigenvalue weighted by Crippen LogP contribution is -2.44. The van der Waals surface area contributed by atoms with Gasteiger partial charge in [-0.2, -0.15) is 0 Å². The third-order valence-electron chi connectivity index (χ3n) is 3.69. The number of amides is 2. The summed E-state index contributed by atoms with van der Waals surface area (Å²) < 4.78 is 5.59. The maximum Gasteiger partial charge on any atom is 0.252 e. The van der Waals surface area contributed by atoms with Crippen LogP contribution in [0.15, 0.2) is 18.2 Å². The Morgan fingerprint density at radius 2 is 2.22 bits per heavy atom. The van der Waals surface area contributed by atoms with Crippen LogP contribution in [0.25, 0.3) is 0 Å². The summed E-state index contributed by atoms with van der Waals surface area (Å²) in [5.41, 5.74) is 0.387. The monoisotopic (exact) mass is 338 g/mol. The van der Waals surface area contributed by atoms with Gasteiger partial charge in [-0.05, 0) is 45.2 Å². The van der Waals surface area contributed by atoms with Gasteiger partial charge in [-0.3, -0.25) is 9.59 Å². The summed E-state index contributed by atoms with van der Waals surface area (Å²) >= 11 is 6.27. The van der Waals surface area contributed by atoms with E-state index >= 15 is 0 Å². The van der Waals surface area contributed by atoms with Crippen LogP contribution in [0, 0.1) is 5.92 Å². The molecule has 0 saturated carbocycles. The molecule has 1 saturated heterocycles. The van der Waals surface area contributed by atoms with E-state index in [9.17, 15) is 9.59 Å². The van der Waals surface area contributed by atoms with E-state index in [0.29, 0.717) is 29.3 Å². The number of rotatable bonds is 5. The average Bonchev–Trinajstić information content (AvgIpc) is 2.45. The Morgan fingerprint density at radius 3 is 2.87 bits per heavy atom. The summed E-state index contributed by atoms with van der Waals surface area (Å²) in [7, 11) is 0. The molecule has 0 spiro atoms. The molecule has 0 bridgehead atoms.